The van der Waals surface area contributed by atoms with Gasteiger partial charge in [0, 0.05) is 11.1 Å². The molecule has 7 nitrogen and oxygen atoms in total. The minimum absolute atomic E-state index is 0.0183. The van der Waals surface area contributed by atoms with Crippen molar-refractivity contribution in [3.8, 4) is 5.75 Å². The van der Waals surface area contributed by atoms with E-state index in [4.69, 9.17) is 20.8 Å². The first kappa shape index (κ1) is 15.8. The van der Waals surface area contributed by atoms with Crippen LogP contribution in [0.1, 0.15) is 18.7 Å². The van der Waals surface area contributed by atoms with E-state index in [1.807, 2.05) is 0 Å². The van der Waals surface area contributed by atoms with Gasteiger partial charge in [-0.05, 0) is 31.2 Å². The third kappa shape index (κ3) is 3.98. The maximum absolute atomic E-state index is 11.8. The lowest BCUT2D eigenvalue weighted by atomic mass is 10.2. The van der Waals surface area contributed by atoms with Crippen LogP contribution in [0.5, 0.6) is 5.75 Å². The van der Waals surface area contributed by atoms with E-state index in [1.54, 1.807) is 19.1 Å². The summed E-state index contributed by atoms with van der Waals surface area (Å²) in [4.78, 5) is 22.1. The molecule has 116 valence electrons. The van der Waals surface area contributed by atoms with Gasteiger partial charge >= 0.3 is 5.69 Å². The summed E-state index contributed by atoms with van der Waals surface area (Å²) >= 11 is 5.70. The molecule has 0 radical (unpaired) electrons. The first-order valence-corrected chi connectivity index (χ1v) is 6.74. The second-order valence-corrected chi connectivity index (χ2v) is 4.90. The molecule has 0 aliphatic rings. The van der Waals surface area contributed by atoms with Crippen molar-refractivity contribution in [1.82, 2.24) is 5.32 Å². The van der Waals surface area contributed by atoms with Gasteiger partial charge in [-0.2, -0.15) is 0 Å². The molecule has 1 N–H and O–H groups in total. The summed E-state index contributed by atoms with van der Waals surface area (Å²) in [6.07, 6.45) is 1.51. The highest BCUT2D eigenvalue weighted by molar-refractivity contribution is 6.30. The lowest BCUT2D eigenvalue weighted by Crippen LogP contribution is -2.31. The molecule has 8 heteroatoms. The first-order valence-electron chi connectivity index (χ1n) is 6.37. The zero-order chi connectivity index (χ0) is 16.1. The Kier molecular flexibility index (Phi) is 5.00. The molecule has 2 rings (SSSR count). The van der Waals surface area contributed by atoms with E-state index in [2.05, 4.69) is 5.32 Å². The number of benzene rings is 1. The molecular formula is C14H13ClN2O5. The van der Waals surface area contributed by atoms with Crippen molar-refractivity contribution >= 4 is 23.2 Å². The van der Waals surface area contributed by atoms with Gasteiger partial charge < -0.3 is 14.5 Å². The molecule has 1 amide bonds. The number of rotatable bonds is 6. The standard InChI is InChI=1S/C14H13ClN2O5/c1-9(12-3-2-6-21-12)16-14(18)8-22-13-5-4-10(15)7-11(13)17(19)20/h2-7,9H,8H2,1H3,(H,16,18)/t9-/m0/s1. The maximum atomic E-state index is 11.8. The van der Waals surface area contributed by atoms with Crippen molar-refractivity contribution in [2.75, 3.05) is 6.61 Å². The molecule has 2 aromatic rings. The number of nitro benzene ring substituents is 1. The summed E-state index contributed by atoms with van der Waals surface area (Å²) in [6, 6.07) is 7.09. The Morgan fingerprint density at radius 1 is 1.50 bits per heavy atom. The van der Waals surface area contributed by atoms with Crippen molar-refractivity contribution < 1.29 is 18.9 Å². The lowest BCUT2D eigenvalue weighted by Gasteiger charge is -2.12. The van der Waals surface area contributed by atoms with E-state index in [-0.39, 0.29) is 29.1 Å². The highest BCUT2D eigenvalue weighted by Gasteiger charge is 2.18. The fourth-order valence-corrected chi connectivity index (χ4v) is 1.96. The fraction of sp³-hybridized carbons (Fsp3) is 0.214. The molecule has 0 spiro atoms. The van der Waals surface area contributed by atoms with Crippen LogP contribution >= 0.6 is 11.6 Å². The largest absolute Gasteiger partial charge is 0.477 e. The molecule has 0 aliphatic carbocycles. The summed E-state index contributed by atoms with van der Waals surface area (Å²) in [5.74, 6) is 0.161. The van der Waals surface area contributed by atoms with Gasteiger partial charge in [-0.1, -0.05) is 11.6 Å². The summed E-state index contributed by atoms with van der Waals surface area (Å²) < 4.78 is 10.4. The van der Waals surface area contributed by atoms with E-state index in [0.29, 0.717) is 5.76 Å². The highest BCUT2D eigenvalue weighted by Crippen LogP contribution is 2.29. The third-order valence-corrected chi connectivity index (χ3v) is 3.06. The molecule has 1 heterocycles. The number of hydrogen-bond donors (Lipinski definition) is 1. The number of ether oxygens (including phenoxy) is 1. The van der Waals surface area contributed by atoms with Crippen molar-refractivity contribution in [2.45, 2.75) is 13.0 Å². The Morgan fingerprint density at radius 3 is 2.91 bits per heavy atom. The van der Waals surface area contributed by atoms with Crippen LogP contribution in [0.25, 0.3) is 0 Å². The predicted molar refractivity (Wildman–Crippen MR) is 78.9 cm³/mol. The van der Waals surface area contributed by atoms with E-state index < -0.39 is 10.8 Å². The zero-order valence-corrected chi connectivity index (χ0v) is 12.4. The van der Waals surface area contributed by atoms with Gasteiger partial charge in [0.05, 0.1) is 17.2 Å². The number of furan rings is 1. The smallest absolute Gasteiger partial charge is 0.312 e. The Morgan fingerprint density at radius 2 is 2.27 bits per heavy atom. The van der Waals surface area contributed by atoms with E-state index in [0.717, 1.165) is 0 Å². The first-order chi connectivity index (χ1) is 10.5. The Balaban J connectivity index is 1.95. The van der Waals surface area contributed by atoms with Crippen molar-refractivity contribution in [3.63, 3.8) is 0 Å². The third-order valence-electron chi connectivity index (χ3n) is 2.82. The van der Waals surface area contributed by atoms with Crippen LogP contribution in [-0.2, 0) is 4.79 Å². The van der Waals surface area contributed by atoms with Crippen molar-refractivity contribution in [1.29, 1.82) is 0 Å². The molecule has 1 aromatic carbocycles. The number of carbonyl (C=O) groups excluding carboxylic acids is 1. The molecule has 0 saturated carbocycles. The average Bonchev–Trinajstić information content (AvgIpc) is 3.00. The van der Waals surface area contributed by atoms with Crippen LogP contribution in [-0.4, -0.2) is 17.4 Å². The van der Waals surface area contributed by atoms with Crippen LogP contribution in [0.4, 0.5) is 5.69 Å². The van der Waals surface area contributed by atoms with Gasteiger partial charge in [0.1, 0.15) is 5.76 Å². The number of nitrogens with zero attached hydrogens (tertiary/aromatic N) is 1. The monoisotopic (exact) mass is 324 g/mol. The summed E-state index contributed by atoms with van der Waals surface area (Å²) in [7, 11) is 0. The highest BCUT2D eigenvalue weighted by atomic mass is 35.5. The van der Waals surface area contributed by atoms with E-state index in [9.17, 15) is 14.9 Å². The molecule has 1 atom stereocenters. The molecular weight excluding hydrogens is 312 g/mol. The Hall–Kier alpha value is -2.54. The normalized spacial score (nSPS) is 11.7. The molecule has 22 heavy (non-hydrogen) atoms. The topological polar surface area (TPSA) is 94.6 Å². The van der Waals surface area contributed by atoms with Gasteiger partial charge in [0.2, 0.25) is 0 Å². The molecule has 0 unspecified atom stereocenters. The maximum Gasteiger partial charge on any atom is 0.312 e. The summed E-state index contributed by atoms with van der Waals surface area (Å²) in [6.45, 7) is 1.40. The number of carbonyl (C=O) groups is 1. The van der Waals surface area contributed by atoms with Crippen LogP contribution in [0.3, 0.4) is 0 Å². The van der Waals surface area contributed by atoms with Crippen LogP contribution < -0.4 is 10.1 Å². The van der Waals surface area contributed by atoms with Gasteiger partial charge in [-0.3, -0.25) is 14.9 Å². The second kappa shape index (κ2) is 6.95. The van der Waals surface area contributed by atoms with Crippen LogP contribution in [0, 0.1) is 10.1 Å². The summed E-state index contributed by atoms with van der Waals surface area (Å²) in [5, 5.41) is 13.8. The predicted octanol–water partition coefficient (Wildman–Crippen LogP) is 3.10. The molecule has 0 aliphatic heterocycles. The van der Waals surface area contributed by atoms with Crippen molar-refractivity contribution in [2.24, 2.45) is 0 Å². The second-order valence-electron chi connectivity index (χ2n) is 4.46. The van der Waals surface area contributed by atoms with Gasteiger partial charge in [0.25, 0.3) is 5.91 Å². The Labute approximate surface area is 131 Å². The van der Waals surface area contributed by atoms with Crippen molar-refractivity contribution in [3.05, 3.63) is 57.5 Å². The summed E-state index contributed by atoms with van der Waals surface area (Å²) in [5.41, 5.74) is -0.292. The molecule has 1 aromatic heterocycles. The number of nitro groups is 1. The van der Waals surface area contributed by atoms with Crippen LogP contribution in [0.2, 0.25) is 5.02 Å². The molecule has 0 fully saturated rings. The number of amides is 1. The average molecular weight is 325 g/mol. The number of halogens is 1. The van der Waals surface area contributed by atoms with Gasteiger partial charge in [0.15, 0.2) is 12.4 Å². The SMILES string of the molecule is C[C@H](NC(=O)COc1ccc(Cl)cc1[N+](=O)[O-])c1ccco1. The van der Waals surface area contributed by atoms with Crippen LogP contribution in [0.15, 0.2) is 41.0 Å². The van der Waals surface area contributed by atoms with Gasteiger partial charge in [-0.15, -0.1) is 0 Å². The van der Waals surface area contributed by atoms with E-state index in [1.165, 1.54) is 24.5 Å². The zero-order valence-electron chi connectivity index (χ0n) is 11.6. The minimum atomic E-state index is -0.620. The number of hydrogen-bond acceptors (Lipinski definition) is 5. The number of nitrogens with one attached hydrogen (secondary N) is 1. The van der Waals surface area contributed by atoms with E-state index >= 15 is 0 Å². The minimum Gasteiger partial charge on any atom is -0.477 e. The fourth-order valence-electron chi connectivity index (χ4n) is 1.79. The van der Waals surface area contributed by atoms with Gasteiger partial charge in [-0.25, -0.2) is 0 Å². The Bertz CT molecular complexity index is 672. The molecule has 0 saturated heterocycles. The quantitative estimate of drug-likeness (QED) is 0.650. The molecule has 0 bridgehead atoms. The lowest BCUT2D eigenvalue weighted by molar-refractivity contribution is -0.385.